The third-order valence-corrected chi connectivity index (χ3v) is 5.25. The summed E-state index contributed by atoms with van der Waals surface area (Å²) in [5.41, 5.74) is 1.19. The Morgan fingerprint density at radius 2 is 1.77 bits per heavy atom. The van der Waals surface area contributed by atoms with E-state index in [-0.39, 0.29) is 24.2 Å². The summed E-state index contributed by atoms with van der Waals surface area (Å²) in [6, 6.07) is 17.1. The maximum atomic E-state index is 12.5. The van der Waals surface area contributed by atoms with Crippen molar-refractivity contribution in [3.05, 3.63) is 84.7 Å². The van der Waals surface area contributed by atoms with Crippen molar-refractivity contribution in [2.45, 2.75) is 17.7 Å². The van der Waals surface area contributed by atoms with E-state index >= 15 is 0 Å². The summed E-state index contributed by atoms with van der Waals surface area (Å²) in [7, 11) is 0. The molecule has 0 aliphatic rings. The fraction of sp³-hybridized carbons (Fsp3) is 0.182. The summed E-state index contributed by atoms with van der Waals surface area (Å²) >= 11 is 1.21. The largest absolute Gasteiger partial charge is 0.394 e. The molecule has 3 rings (SSSR count). The number of allylic oxidation sites excluding steroid dienone is 1. The van der Waals surface area contributed by atoms with Crippen LogP contribution >= 0.6 is 11.8 Å². The molecular weight excluding hydrogens is 414 g/mol. The van der Waals surface area contributed by atoms with Gasteiger partial charge in [-0.1, -0.05) is 54.2 Å². The van der Waals surface area contributed by atoms with Crippen LogP contribution in [-0.4, -0.2) is 44.0 Å². The third-order valence-electron chi connectivity index (χ3n) is 4.28. The number of aromatic nitrogens is 3. The third kappa shape index (κ3) is 6.03. The molecule has 0 radical (unpaired) electrons. The zero-order valence-electron chi connectivity index (χ0n) is 16.8. The van der Waals surface area contributed by atoms with Crippen molar-refractivity contribution in [2.24, 2.45) is 0 Å². The van der Waals surface area contributed by atoms with Crippen molar-refractivity contribution in [3.8, 4) is 0 Å². The van der Waals surface area contributed by atoms with Crippen LogP contribution in [0.1, 0.15) is 22.2 Å². The minimum absolute atomic E-state index is 0.129. The lowest BCUT2D eigenvalue weighted by Crippen LogP contribution is -2.33. The number of thioether (sulfide) groups is 1. The molecule has 31 heavy (non-hydrogen) atoms. The number of carbonyl (C=O) groups excluding carboxylic acids is 2. The lowest BCUT2D eigenvalue weighted by Gasteiger charge is -2.17. The number of carbonyl (C=O) groups is 2. The van der Waals surface area contributed by atoms with Gasteiger partial charge < -0.3 is 20.3 Å². The Kier molecular flexibility index (Phi) is 7.97. The molecule has 3 N–H and O–H groups in total. The summed E-state index contributed by atoms with van der Waals surface area (Å²) in [5.74, 6) is 0.00790. The average molecular weight is 438 g/mol. The van der Waals surface area contributed by atoms with Gasteiger partial charge in [-0.05, 0) is 24.3 Å². The molecule has 2 aromatic carbocycles. The molecule has 0 unspecified atom stereocenters. The summed E-state index contributed by atoms with van der Waals surface area (Å²) in [6.07, 6.45) is 1.66. The molecule has 0 saturated carbocycles. The number of nitrogens with one attached hydrogen (secondary N) is 2. The molecule has 0 spiro atoms. The molecule has 0 fully saturated rings. The van der Waals surface area contributed by atoms with Gasteiger partial charge in [0.1, 0.15) is 6.04 Å². The van der Waals surface area contributed by atoms with Crippen molar-refractivity contribution < 1.29 is 14.7 Å². The number of aliphatic hydroxyl groups excluding tert-OH is 1. The maximum absolute atomic E-state index is 12.5. The van der Waals surface area contributed by atoms with Crippen LogP contribution in [0.3, 0.4) is 0 Å². The Labute approximate surface area is 184 Å². The smallest absolute Gasteiger partial charge is 0.251 e. The number of hydrogen-bond acceptors (Lipinski definition) is 6. The highest BCUT2D eigenvalue weighted by Crippen LogP contribution is 2.21. The number of aliphatic hydroxyl groups is 1. The number of para-hydroxylation sites is 1. The second kappa shape index (κ2) is 11.1. The van der Waals surface area contributed by atoms with Crippen LogP contribution < -0.4 is 10.6 Å². The van der Waals surface area contributed by atoms with Gasteiger partial charge in [-0.3, -0.25) is 9.59 Å². The van der Waals surface area contributed by atoms with Crippen molar-refractivity contribution >= 4 is 29.3 Å². The molecular formula is C22H23N5O3S. The van der Waals surface area contributed by atoms with Gasteiger partial charge in [0.2, 0.25) is 5.91 Å². The molecule has 1 aromatic heterocycles. The van der Waals surface area contributed by atoms with Gasteiger partial charge in [0.15, 0.2) is 11.0 Å². The number of rotatable bonds is 10. The topological polar surface area (TPSA) is 109 Å². The summed E-state index contributed by atoms with van der Waals surface area (Å²) in [4.78, 5) is 24.7. The number of amides is 2. The molecule has 1 atom stereocenters. The number of nitrogens with zero attached hydrogens (tertiary/aromatic N) is 3. The van der Waals surface area contributed by atoms with E-state index < -0.39 is 6.04 Å². The second-order valence-electron chi connectivity index (χ2n) is 6.52. The van der Waals surface area contributed by atoms with Crippen LogP contribution in [0.15, 0.2) is 78.5 Å². The van der Waals surface area contributed by atoms with Gasteiger partial charge in [0.25, 0.3) is 5.91 Å². The fourth-order valence-electron chi connectivity index (χ4n) is 2.84. The highest BCUT2D eigenvalue weighted by atomic mass is 32.2. The Balaban J connectivity index is 1.70. The van der Waals surface area contributed by atoms with Gasteiger partial charge in [0.05, 0.1) is 12.4 Å². The van der Waals surface area contributed by atoms with E-state index in [0.29, 0.717) is 28.8 Å². The van der Waals surface area contributed by atoms with Crippen LogP contribution in [0, 0.1) is 0 Å². The van der Waals surface area contributed by atoms with Gasteiger partial charge in [-0.15, -0.1) is 16.8 Å². The first-order chi connectivity index (χ1) is 15.1. The van der Waals surface area contributed by atoms with E-state index in [0.717, 1.165) is 0 Å². The van der Waals surface area contributed by atoms with Gasteiger partial charge in [-0.2, -0.15) is 0 Å². The van der Waals surface area contributed by atoms with Crippen LogP contribution in [0.2, 0.25) is 0 Å². The van der Waals surface area contributed by atoms with E-state index in [2.05, 4.69) is 27.4 Å². The molecule has 0 aliphatic carbocycles. The van der Waals surface area contributed by atoms with Gasteiger partial charge in [0, 0.05) is 17.8 Å². The van der Waals surface area contributed by atoms with Gasteiger partial charge >= 0.3 is 0 Å². The molecule has 0 aliphatic heterocycles. The first-order valence-electron chi connectivity index (χ1n) is 9.60. The van der Waals surface area contributed by atoms with Crippen LogP contribution in [0.5, 0.6) is 0 Å². The zero-order valence-corrected chi connectivity index (χ0v) is 17.6. The fourth-order valence-corrected chi connectivity index (χ4v) is 3.59. The minimum Gasteiger partial charge on any atom is -0.394 e. The second-order valence-corrected chi connectivity index (χ2v) is 7.46. The Bertz CT molecular complexity index is 1020. The molecule has 1 heterocycles. The van der Waals surface area contributed by atoms with E-state index in [4.69, 9.17) is 0 Å². The molecule has 2 amide bonds. The van der Waals surface area contributed by atoms with Crippen LogP contribution in [0.25, 0.3) is 0 Å². The quantitative estimate of drug-likeness (QED) is 0.332. The highest BCUT2D eigenvalue weighted by Gasteiger charge is 2.23. The van der Waals surface area contributed by atoms with Crippen LogP contribution in [-0.2, 0) is 11.3 Å². The molecule has 3 aromatic rings. The minimum atomic E-state index is -0.757. The first kappa shape index (κ1) is 22.3. The molecule has 0 bridgehead atoms. The Morgan fingerprint density at radius 1 is 1.10 bits per heavy atom. The summed E-state index contributed by atoms with van der Waals surface area (Å²) < 4.78 is 1.72. The van der Waals surface area contributed by atoms with Crippen molar-refractivity contribution in [1.29, 1.82) is 0 Å². The van der Waals surface area contributed by atoms with E-state index in [9.17, 15) is 14.7 Å². The maximum Gasteiger partial charge on any atom is 0.251 e. The number of anilines is 1. The molecule has 9 heteroatoms. The number of hydrogen-bond donors (Lipinski definition) is 3. The summed E-state index contributed by atoms with van der Waals surface area (Å²) in [5, 5.41) is 24.2. The van der Waals surface area contributed by atoms with Gasteiger partial charge in [-0.25, -0.2) is 0 Å². The highest BCUT2D eigenvalue weighted by molar-refractivity contribution is 7.99. The van der Waals surface area contributed by atoms with Crippen molar-refractivity contribution in [2.75, 3.05) is 17.7 Å². The van der Waals surface area contributed by atoms with Crippen molar-refractivity contribution in [1.82, 2.24) is 20.1 Å². The predicted molar refractivity (Wildman–Crippen MR) is 120 cm³/mol. The van der Waals surface area contributed by atoms with E-state index in [1.165, 1.54) is 11.8 Å². The van der Waals surface area contributed by atoms with E-state index in [1.807, 2.05) is 36.4 Å². The molecule has 8 nitrogen and oxygen atoms in total. The molecule has 0 saturated heterocycles. The first-order valence-corrected chi connectivity index (χ1v) is 10.6. The number of benzene rings is 2. The summed E-state index contributed by atoms with van der Waals surface area (Å²) in [6.45, 7) is 3.76. The lowest BCUT2D eigenvalue weighted by molar-refractivity contribution is -0.113. The normalized spacial score (nSPS) is 11.5. The van der Waals surface area contributed by atoms with Crippen LogP contribution in [0.4, 0.5) is 5.69 Å². The SMILES string of the molecule is C=CCn1c(SCC(=O)Nc2ccccc2)nnc1[C@@H](CO)NC(=O)c1ccccc1. The zero-order chi connectivity index (χ0) is 22.1. The Hall–Kier alpha value is -3.43. The van der Waals surface area contributed by atoms with Crippen molar-refractivity contribution in [3.63, 3.8) is 0 Å². The van der Waals surface area contributed by atoms with E-state index in [1.54, 1.807) is 34.9 Å². The predicted octanol–water partition coefficient (Wildman–Crippen LogP) is 2.66. The molecule has 160 valence electrons. The monoisotopic (exact) mass is 437 g/mol. The standard InChI is InChI=1S/C22H23N5O3S/c1-2-13-27-20(18(14-28)24-21(30)16-9-5-3-6-10-16)25-26-22(27)31-15-19(29)23-17-11-7-4-8-12-17/h2-12,18,28H,1,13-15H2,(H,23,29)(H,24,30)/t18-/m1/s1. The lowest BCUT2D eigenvalue weighted by atomic mass is 10.2. The average Bonchev–Trinajstić information content (AvgIpc) is 3.20. The Morgan fingerprint density at radius 3 is 2.42 bits per heavy atom.